The van der Waals surface area contributed by atoms with Gasteiger partial charge in [-0.2, -0.15) is 0 Å². The molecule has 1 rings (SSSR count). The normalized spacial score (nSPS) is 11.1. The van der Waals surface area contributed by atoms with Crippen LogP contribution in [0.4, 0.5) is 5.69 Å². The van der Waals surface area contributed by atoms with E-state index in [9.17, 15) is 14.9 Å². The van der Waals surface area contributed by atoms with Crippen molar-refractivity contribution in [2.24, 2.45) is 5.16 Å². The van der Waals surface area contributed by atoms with E-state index in [2.05, 4.69) is 5.16 Å². The van der Waals surface area contributed by atoms with E-state index in [1.54, 1.807) is 6.92 Å². The van der Waals surface area contributed by atoms with Crippen LogP contribution in [0.1, 0.15) is 12.5 Å². The van der Waals surface area contributed by atoms with E-state index in [0.29, 0.717) is 5.56 Å². The second-order valence-corrected chi connectivity index (χ2v) is 3.37. The first-order valence-corrected chi connectivity index (χ1v) is 5.19. The number of nitro benzene ring substituents is 1. The Morgan fingerprint density at radius 3 is 2.50 bits per heavy atom. The van der Waals surface area contributed by atoms with Crippen LogP contribution in [-0.2, 0) is 16.0 Å². The number of oxime groups is 1. The molecule has 0 radical (unpaired) electrons. The van der Waals surface area contributed by atoms with Gasteiger partial charge in [-0.1, -0.05) is 17.3 Å². The van der Waals surface area contributed by atoms with Gasteiger partial charge in [0.15, 0.2) is 5.71 Å². The molecule has 0 aliphatic heterocycles. The Bertz CT molecular complexity index is 467. The quantitative estimate of drug-likeness (QED) is 0.281. The molecule has 0 aliphatic rings. The fraction of sp³-hybridized carbons (Fsp3) is 0.273. The van der Waals surface area contributed by atoms with E-state index in [1.807, 2.05) is 0 Å². The zero-order valence-electron chi connectivity index (χ0n) is 9.70. The average molecular weight is 252 g/mol. The van der Waals surface area contributed by atoms with Crippen LogP contribution >= 0.6 is 0 Å². The van der Waals surface area contributed by atoms with Crippen molar-refractivity contribution in [1.82, 2.24) is 0 Å². The van der Waals surface area contributed by atoms with Gasteiger partial charge in [-0.3, -0.25) is 10.1 Å². The van der Waals surface area contributed by atoms with E-state index in [-0.39, 0.29) is 24.4 Å². The summed E-state index contributed by atoms with van der Waals surface area (Å²) < 4.78 is 4.69. The van der Waals surface area contributed by atoms with Gasteiger partial charge >= 0.3 is 5.97 Å². The first-order chi connectivity index (χ1) is 8.58. The lowest BCUT2D eigenvalue weighted by Crippen LogP contribution is -2.20. The summed E-state index contributed by atoms with van der Waals surface area (Å²) in [4.78, 5) is 21.3. The Morgan fingerprint density at radius 2 is 2.06 bits per heavy atom. The molecule has 1 aromatic rings. The fourth-order valence-electron chi connectivity index (χ4n) is 1.29. The van der Waals surface area contributed by atoms with Gasteiger partial charge in [0, 0.05) is 18.6 Å². The molecular weight excluding hydrogens is 240 g/mol. The molecule has 7 heteroatoms. The zero-order valence-corrected chi connectivity index (χ0v) is 9.70. The maximum atomic E-state index is 11.3. The van der Waals surface area contributed by atoms with Gasteiger partial charge in [0.25, 0.3) is 5.69 Å². The standard InChI is InChI=1S/C11H12N2O5/c1-2-18-11(14)10(12-15)7-8-3-5-9(6-4-8)13(16)17/h3-6,15H,2,7H2,1H3/b12-10+. The lowest BCUT2D eigenvalue weighted by Gasteiger charge is -2.04. The highest BCUT2D eigenvalue weighted by Crippen LogP contribution is 2.12. The second-order valence-electron chi connectivity index (χ2n) is 3.37. The number of carbonyl (C=O) groups excluding carboxylic acids is 1. The minimum absolute atomic E-state index is 0.0441. The largest absolute Gasteiger partial charge is 0.461 e. The fourth-order valence-corrected chi connectivity index (χ4v) is 1.29. The summed E-state index contributed by atoms with van der Waals surface area (Å²) in [7, 11) is 0. The Balaban J connectivity index is 2.77. The summed E-state index contributed by atoms with van der Waals surface area (Å²) in [6.07, 6.45) is 0.0489. The first-order valence-electron chi connectivity index (χ1n) is 5.19. The highest BCUT2D eigenvalue weighted by atomic mass is 16.6. The van der Waals surface area contributed by atoms with Gasteiger partial charge in [-0.05, 0) is 12.5 Å². The van der Waals surface area contributed by atoms with E-state index < -0.39 is 10.9 Å². The van der Waals surface area contributed by atoms with Crippen LogP contribution in [0.15, 0.2) is 29.4 Å². The number of ether oxygens (including phenoxy) is 1. The Kier molecular flexibility index (Phi) is 4.79. The number of esters is 1. The molecule has 0 heterocycles. The highest BCUT2D eigenvalue weighted by molar-refractivity contribution is 6.36. The van der Waals surface area contributed by atoms with Crippen molar-refractivity contribution < 1.29 is 19.7 Å². The smallest absolute Gasteiger partial charge is 0.356 e. The molecule has 7 nitrogen and oxygen atoms in total. The van der Waals surface area contributed by atoms with Gasteiger partial charge in [-0.15, -0.1) is 0 Å². The molecule has 0 saturated heterocycles. The van der Waals surface area contributed by atoms with Crippen molar-refractivity contribution in [2.45, 2.75) is 13.3 Å². The van der Waals surface area contributed by atoms with Crippen molar-refractivity contribution in [1.29, 1.82) is 0 Å². The number of hydrogen-bond acceptors (Lipinski definition) is 6. The van der Waals surface area contributed by atoms with E-state index in [0.717, 1.165) is 0 Å². The van der Waals surface area contributed by atoms with Crippen LogP contribution in [-0.4, -0.2) is 28.4 Å². The van der Waals surface area contributed by atoms with Crippen LogP contribution in [0.3, 0.4) is 0 Å². The molecular formula is C11H12N2O5. The molecule has 0 fully saturated rings. The van der Waals surface area contributed by atoms with Crippen molar-refractivity contribution in [2.75, 3.05) is 6.61 Å². The minimum atomic E-state index is -0.710. The molecule has 96 valence electrons. The van der Waals surface area contributed by atoms with Crippen molar-refractivity contribution in [3.8, 4) is 0 Å². The van der Waals surface area contributed by atoms with E-state index in [4.69, 9.17) is 9.94 Å². The van der Waals surface area contributed by atoms with Crippen LogP contribution in [0.2, 0.25) is 0 Å². The monoisotopic (exact) mass is 252 g/mol. The number of carbonyl (C=O) groups is 1. The van der Waals surface area contributed by atoms with E-state index >= 15 is 0 Å². The summed E-state index contributed by atoms with van der Waals surface area (Å²) in [6, 6.07) is 5.61. The number of non-ortho nitro benzene ring substituents is 1. The molecule has 18 heavy (non-hydrogen) atoms. The van der Waals surface area contributed by atoms with Crippen molar-refractivity contribution in [3.05, 3.63) is 39.9 Å². The van der Waals surface area contributed by atoms with Gasteiger partial charge in [-0.25, -0.2) is 4.79 Å². The predicted octanol–water partition coefficient (Wildman–Crippen LogP) is 1.53. The van der Waals surface area contributed by atoms with E-state index in [1.165, 1.54) is 24.3 Å². The van der Waals surface area contributed by atoms with Gasteiger partial charge < -0.3 is 9.94 Å². The molecule has 0 aromatic heterocycles. The SMILES string of the molecule is CCOC(=O)/C(Cc1ccc([N+](=O)[O-])cc1)=N/O. The number of nitrogens with zero attached hydrogens (tertiary/aromatic N) is 2. The molecule has 0 unspecified atom stereocenters. The molecule has 1 N–H and O–H groups in total. The molecule has 0 spiro atoms. The van der Waals surface area contributed by atoms with Crippen LogP contribution < -0.4 is 0 Å². The van der Waals surface area contributed by atoms with Crippen molar-refractivity contribution in [3.63, 3.8) is 0 Å². The molecule has 0 bridgehead atoms. The summed E-state index contributed by atoms with van der Waals surface area (Å²) in [5.41, 5.74) is 0.421. The van der Waals surface area contributed by atoms with Crippen LogP contribution in [0, 0.1) is 10.1 Å². The topological polar surface area (TPSA) is 102 Å². The predicted molar refractivity (Wildman–Crippen MR) is 62.7 cm³/mol. The summed E-state index contributed by atoms with van der Waals surface area (Å²) in [5.74, 6) is -0.710. The number of nitro groups is 1. The van der Waals surface area contributed by atoms with Gasteiger partial charge in [0.2, 0.25) is 0 Å². The first kappa shape index (κ1) is 13.6. The van der Waals surface area contributed by atoms with Gasteiger partial charge in [0.05, 0.1) is 11.5 Å². The summed E-state index contributed by atoms with van der Waals surface area (Å²) in [6.45, 7) is 1.82. The van der Waals surface area contributed by atoms with Crippen LogP contribution in [0.5, 0.6) is 0 Å². The number of rotatable bonds is 5. The third kappa shape index (κ3) is 3.55. The Labute approximate surface area is 103 Å². The molecule has 0 atom stereocenters. The maximum absolute atomic E-state index is 11.3. The molecule has 0 saturated carbocycles. The molecule has 1 aromatic carbocycles. The lowest BCUT2D eigenvalue weighted by molar-refractivity contribution is -0.384. The van der Waals surface area contributed by atoms with Crippen molar-refractivity contribution >= 4 is 17.4 Å². The Hall–Kier alpha value is -2.44. The Morgan fingerprint density at radius 1 is 1.44 bits per heavy atom. The summed E-state index contributed by atoms with van der Waals surface area (Å²) in [5, 5.41) is 22.0. The average Bonchev–Trinajstić information content (AvgIpc) is 2.36. The van der Waals surface area contributed by atoms with Gasteiger partial charge in [0.1, 0.15) is 0 Å². The zero-order chi connectivity index (χ0) is 13.5. The lowest BCUT2D eigenvalue weighted by atomic mass is 10.1. The number of hydrogen-bond donors (Lipinski definition) is 1. The minimum Gasteiger partial charge on any atom is -0.461 e. The second kappa shape index (κ2) is 6.33. The summed E-state index contributed by atoms with van der Waals surface area (Å²) >= 11 is 0. The highest BCUT2D eigenvalue weighted by Gasteiger charge is 2.14. The third-order valence-corrected chi connectivity index (χ3v) is 2.15. The molecule has 0 amide bonds. The maximum Gasteiger partial charge on any atom is 0.356 e. The van der Waals surface area contributed by atoms with Crippen LogP contribution in [0.25, 0.3) is 0 Å². The molecule has 0 aliphatic carbocycles. The third-order valence-electron chi connectivity index (χ3n) is 2.15. The number of benzene rings is 1.